The first-order valence-corrected chi connectivity index (χ1v) is 6.49. The number of ether oxygens (including phenoxy) is 1. The maximum Gasteiger partial charge on any atom is 0.122 e. The van der Waals surface area contributed by atoms with Gasteiger partial charge in [-0.15, -0.1) is 0 Å². The first-order valence-electron chi connectivity index (χ1n) is 6.49. The number of hydrogen-bond acceptors (Lipinski definition) is 2. The average Bonchev–Trinajstić information content (AvgIpc) is 2.28. The quantitative estimate of drug-likeness (QED) is 0.816. The van der Waals surface area contributed by atoms with Gasteiger partial charge in [0, 0.05) is 6.54 Å². The van der Waals surface area contributed by atoms with Gasteiger partial charge >= 0.3 is 0 Å². The summed E-state index contributed by atoms with van der Waals surface area (Å²) >= 11 is 0. The molecule has 1 atom stereocenters. The van der Waals surface area contributed by atoms with E-state index in [0.717, 1.165) is 18.8 Å². The Morgan fingerprint density at radius 3 is 2.53 bits per heavy atom. The highest BCUT2D eigenvalue weighted by Crippen LogP contribution is 2.22. The van der Waals surface area contributed by atoms with Gasteiger partial charge in [-0.25, -0.2) is 0 Å². The van der Waals surface area contributed by atoms with Crippen molar-refractivity contribution in [2.45, 2.75) is 40.7 Å². The summed E-state index contributed by atoms with van der Waals surface area (Å²) in [5, 5.41) is 3.36. The van der Waals surface area contributed by atoms with E-state index in [-0.39, 0.29) is 6.10 Å². The zero-order chi connectivity index (χ0) is 12.8. The van der Waals surface area contributed by atoms with Crippen LogP contribution in [-0.2, 0) is 0 Å². The van der Waals surface area contributed by atoms with E-state index >= 15 is 0 Å². The monoisotopic (exact) mass is 235 g/mol. The molecule has 0 aromatic heterocycles. The van der Waals surface area contributed by atoms with Crippen molar-refractivity contribution >= 4 is 0 Å². The van der Waals surface area contributed by atoms with Crippen molar-refractivity contribution in [3.05, 3.63) is 29.3 Å². The number of likely N-dealkylation sites (N-methyl/N-ethyl adjacent to an activating group) is 1. The molecular weight excluding hydrogens is 210 g/mol. The zero-order valence-corrected chi connectivity index (χ0v) is 11.7. The number of benzene rings is 1. The highest BCUT2D eigenvalue weighted by Gasteiger charge is 2.15. The van der Waals surface area contributed by atoms with Crippen LogP contribution in [0.15, 0.2) is 18.2 Å². The van der Waals surface area contributed by atoms with Gasteiger partial charge in [0.1, 0.15) is 11.9 Å². The van der Waals surface area contributed by atoms with E-state index in [1.54, 1.807) is 0 Å². The SMILES string of the molecule is CCNCC(Oc1cc(C)ccc1C)C(C)C. The lowest BCUT2D eigenvalue weighted by Gasteiger charge is -2.24. The number of hydrogen-bond donors (Lipinski definition) is 1. The summed E-state index contributed by atoms with van der Waals surface area (Å²) in [6.45, 7) is 12.6. The fraction of sp³-hybridized carbons (Fsp3) is 0.600. The fourth-order valence-electron chi connectivity index (χ4n) is 1.70. The van der Waals surface area contributed by atoms with Crippen LogP contribution in [-0.4, -0.2) is 19.2 Å². The lowest BCUT2D eigenvalue weighted by atomic mass is 10.1. The van der Waals surface area contributed by atoms with Crippen LogP contribution in [0.3, 0.4) is 0 Å². The molecule has 1 unspecified atom stereocenters. The first-order chi connectivity index (χ1) is 8.04. The fourth-order valence-corrected chi connectivity index (χ4v) is 1.70. The summed E-state index contributed by atoms with van der Waals surface area (Å²) in [6.07, 6.45) is 0.232. The lowest BCUT2D eigenvalue weighted by Crippen LogP contribution is -2.35. The Bertz CT molecular complexity index is 347. The van der Waals surface area contributed by atoms with E-state index in [4.69, 9.17) is 4.74 Å². The highest BCUT2D eigenvalue weighted by atomic mass is 16.5. The molecule has 1 N–H and O–H groups in total. The van der Waals surface area contributed by atoms with Gasteiger partial charge in [0.2, 0.25) is 0 Å². The van der Waals surface area contributed by atoms with Crippen molar-refractivity contribution in [3.8, 4) is 5.75 Å². The third kappa shape index (κ3) is 4.39. The van der Waals surface area contributed by atoms with Crippen LogP contribution in [0.2, 0.25) is 0 Å². The average molecular weight is 235 g/mol. The minimum atomic E-state index is 0.232. The summed E-state index contributed by atoms with van der Waals surface area (Å²) in [5.74, 6) is 1.52. The summed E-state index contributed by atoms with van der Waals surface area (Å²) < 4.78 is 6.13. The molecule has 17 heavy (non-hydrogen) atoms. The molecule has 0 aliphatic heterocycles. The Morgan fingerprint density at radius 2 is 1.94 bits per heavy atom. The van der Waals surface area contributed by atoms with Crippen molar-refractivity contribution in [2.24, 2.45) is 5.92 Å². The summed E-state index contributed by atoms with van der Waals surface area (Å²) in [5.41, 5.74) is 2.45. The van der Waals surface area contributed by atoms with E-state index in [9.17, 15) is 0 Å². The van der Waals surface area contributed by atoms with Crippen molar-refractivity contribution < 1.29 is 4.74 Å². The standard InChI is InChI=1S/C15H25NO/c1-6-16-10-15(11(2)3)17-14-9-12(4)7-8-13(14)5/h7-9,11,15-16H,6,10H2,1-5H3. The molecular formula is C15H25NO. The maximum atomic E-state index is 6.13. The lowest BCUT2D eigenvalue weighted by molar-refractivity contribution is 0.148. The largest absolute Gasteiger partial charge is 0.489 e. The van der Waals surface area contributed by atoms with Gasteiger partial charge < -0.3 is 10.1 Å². The predicted molar refractivity (Wildman–Crippen MR) is 73.7 cm³/mol. The molecule has 0 spiro atoms. The molecule has 2 nitrogen and oxygen atoms in total. The van der Waals surface area contributed by atoms with Gasteiger partial charge in [0.25, 0.3) is 0 Å². The third-order valence-corrected chi connectivity index (χ3v) is 2.96. The normalized spacial score (nSPS) is 12.8. The van der Waals surface area contributed by atoms with Crippen molar-refractivity contribution in [3.63, 3.8) is 0 Å². The predicted octanol–water partition coefficient (Wildman–Crippen LogP) is 3.32. The van der Waals surface area contributed by atoms with E-state index in [2.05, 4.69) is 58.1 Å². The van der Waals surface area contributed by atoms with Gasteiger partial charge in [-0.05, 0) is 43.5 Å². The number of aryl methyl sites for hydroxylation is 2. The Kier molecular flexibility index (Phi) is 5.49. The second-order valence-electron chi connectivity index (χ2n) is 4.98. The molecule has 0 aliphatic rings. The van der Waals surface area contributed by atoms with Crippen molar-refractivity contribution in [1.29, 1.82) is 0 Å². The zero-order valence-electron chi connectivity index (χ0n) is 11.7. The number of rotatable bonds is 6. The van der Waals surface area contributed by atoms with Crippen molar-refractivity contribution in [2.75, 3.05) is 13.1 Å². The van der Waals surface area contributed by atoms with Crippen LogP contribution < -0.4 is 10.1 Å². The van der Waals surface area contributed by atoms with Gasteiger partial charge in [-0.2, -0.15) is 0 Å². The molecule has 0 radical (unpaired) electrons. The molecule has 1 rings (SSSR count). The molecule has 0 saturated heterocycles. The molecule has 0 fully saturated rings. The van der Waals surface area contributed by atoms with E-state index in [0.29, 0.717) is 5.92 Å². The maximum absolute atomic E-state index is 6.13. The molecule has 0 aliphatic carbocycles. The van der Waals surface area contributed by atoms with Crippen LogP contribution in [0.25, 0.3) is 0 Å². The van der Waals surface area contributed by atoms with Gasteiger partial charge in [-0.3, -0.25) is 0 Å². The summed E-state index contributed by atoms with van der Waals surface area (Å²) in [4.78, 5) is 0. The molecule has 0 heterocycles. The Balaban J connectivity index is 2.74. The Morgan fingerprint density at radius 1 is 1.24 bits per heavy atom. The molecule has 96 valence electrons. The molecule has 0 amide bonds. The van der Waals surface area contributed by atoms with Crippen LogP contribution in [0.4, 0.5) is 0 Å². The van der Waals surface area contributed by atoms with E-state index in [1.165, 1.54) is 11.1 Å². The topological polar surface area (TPSA) is 21.3 Å². The molecule has 0 saturated carbocycles. The molecule has 0 bridgehead atoms. The first kappa shape index (κ1) is 14.0. The summed E-state index contributed by atoms with van der Waals surface area (Å²) in [6, 6.07) is 6.36. The van der Waals surface area contributed by atoms with Crippen molar-refractivity contribution in [1.82, 2.24) is 5.32 Å². The second kappa shape index (κ2) is 6.65. The van der Waals surface area contributed by atoms with Crippen LogP contribution in [0.1, 0.15) is 31.9 Å². The third-order valence-electron chi connectivity index (χ3n) is 2.96. The second-order valence-corrected chi connectivity index (χ2v) is 4.98. The van der Waals surface area contributed by atoms with E-state index in [1.807, 2.05) is 0 Å². The number of nitrogens with one attached hydrogen (secondary N) is 1. The minimum Gasteiger partial charge on any atom is -0.489 e. The smallest absolute Gasteiger partial charge is 0.122 e. The van der Waals surface area contributed by atoms with Crippen LogP contribution >= 0.6 is 0 Å². The molecule has 1 aromatic rings. The van der Waals surface area contributed by atoms with Crippen LogP contribution in [0.5, 0.6) is 5.75 Å². The highest BCUT2D eigenvalue weighted by molar-refractivity contribution is 5.36. The molecule has 2 heteroatoms. The van der Waals surface area contributed by atoms with Gasteiger partial charge in [-0.1, -0.05) is 32.9 Å². The van der Waals surface area contributed by atoms with Gasteiger partial charge in [0.05, 0.1) is 0 Å². The van der Waals surface area contributed by atoms with E-state index < -0.39 is 0 Å². The summed E-state index contributed by atoms with van der Waals surface area (Å²) in [7, 11) is 0. The van der Waals surface area contributed by atoms with Gasteiger partial charge in [0.15, 0.2) is 0 Å². The Hall–Kier alpha value is -1.02. The molecule has 1 aromatic carbocycles. The van der Waals surface area contributed by atoms with Crippen LogP contribution in [0, 0.1) is 19.8 Å². The minimum absolute atomic E-state index is 0.232. The Labute approximate surface area is 105 Å².